The SMILES string of the molecule is Cc1oc(CNC(=O)CCCC(=O)NC(C)C)cc1C(=O)O. The van der Waals surface area contributed by atoms with Crippen molar-refractivity contribution in [2.24, 2.45) is 0 Å². The summed E-state index contributed by atoms with van der Waals surface area (Å²) in [6.07, 6.45) is 0.994. The third-order valence-electron chi connectivity index (χ3n) is 2.92. The summed E-state index contributed by atoms with van der Waals surface area (Å²) in [6, 6.07) is 1.49. The van der Waals surface area contributed by atoms with Gasteiger partial charge in [-0.3, -0.25) is 9.59 Å². The fourth-order valence-corrected chi connectivity index (χ4v) is 1.92. The van der Waals surface area contributed by atoms with Crippen LogP contribution in [-0.2, 0) is 16.1 Å². The number of furan rings is 1. The quantitative estimate of drug-likeness (QED) is 0.675. The van der Waals surface area contributed by atoms with E-state index in [9.17, 15) is 14.4 Å². The lowest BCUT2D eigenvalue weighted by atomic mass is 10.2. The molecule has 7 heteroatoms. The lowest BCUT2D eigenvalue weighted by Gasteiger charge is -2.07. The number of aromatic carboxylic acids is 1. The predicted molar refractivity (Wildman–Crippen MR) is 79.4 cm³/mol. The molecule has 0 aliphatic carbocycles. The number of amides is 2. The molecule has 0 aliphatic rings. The lowest BCUT2D eigenvalue weighted by Crippen LogP contribution is -2.30. The van der Waals surface area contributed by atoms with Crippen LogP contribution in [0.3, 0.4) is 0 Å². The number of carboxylic acids is 1. The topological polar surface area (TPSA) is 109 Å². The molecule has 1 rings (SSSR count). The average molecular weight is 310 g/mol. The van der Waals surface area contributed by atoms with Gasteiger partial charge in [0.2, 0.25) is 11.8 Å². The Bertz CT molecular complexity index is 548. The predicted octanol–water partition coefficient (Wildman–Crippen LogP) is 1.60. The van der Waals surface area contributed by atoms with Crippen LogP contribution in [0.15, 0.2) is 10.5 Å². The molecule has 0 atom stereocenters. The average Bonchev–Trinajstić information content (AvgIpc) is 2.77. The first-order valence-electron chi connectivity index (χ1n) is 7.18. The van der Waals surface area contributed by atoms with E-state index in [1.54, 1.807) is 6.92 Å². The number of nitrogens with one attached hydrogen (secondary N) is 2. The number of aryl methyl sites for hydroxylation is 1. The Labute approximate surface area is 129 Å². The smallest absolute Gasteiger partial charge is 0.339 e. The van der Waals surface area contributed by atoms with Crippen molar-refractivity contribution in [2.45, 2.75) is 52.6 Å². The fraction of sp³-hybridized carbons (Fsp3) is 0.533. The van der Waals surface area contributed by atoms with Crippen LogP contribution in [0.25, 0.3) is 0 Å². The first-order chi connectivity index (χ1) is 10.3. The molecule has 0 bridgehead atoms. The van der Waals surface area contributed by atoms with E-state index in [2.05, 4.69) is 10.6 Å². The first-order valence-corrected chi connectivity index (χ1v) is 7.18. The Kier molecular flexibility index (Phi) is 6.62. The van der Waals surface area contributed by atoms with Gasteiger partial charge < -0.3 is 20.2 Å². The highest BCUT2D eigenvalue weighted by Gasteiger charge is 2.14. The molecule has 2 amide bonds. The van der Waals surface area contributed by atoms with Crippen molar-refractivity contribution in [1.29, 1.82) is 0 Å². The summed E-state index contributed by atoms with van der Waals surface area (Å²) in [5.74, 6) is -0.642. The Morgan fingerprint density at radius 1 is 1.23 bits per heavy atom. The minimum Gasteiger partial charge on any atom is -0.478 e. The summed E-state index contributed by atoms with van der Waals surface area (Å²) >= 11 is 0. The molecule has 0 unspecified atom stereocenters. The summed E-state index contributed by atoms with van der Waals surface area (Å²) in [4.78, 5) is 33.9. The number of hydrogen-bond acceptors (Lipinski definition) is 4. The Balaban J connectivity index is 2.30. The molecule has 1 heterocycles. The van der Waals surface area contributed by atoms with Crippen molar-refractivity contribution in [3.8, 4) is 0 Å². The van der Waals surface area contributed by atoms with E-state index in [0.29, 0.717) is 24.4 Å². The van der Waals surface area contributed by atoms with E-state index in [1.165, 1.54) is 6.07 Å². The molecule has 7 nitrogen and oxygen atoms in total. The van der Waals surface area contributed by atoms with Crippen molar-refractivity contribution >= 4 is 17.8 Å². The van der Waals surface area contributed by atoms with Crippen molar-refractivity contribution in [1.82, 2.24) is 10.6 Å². The van der Waals surface area contributed by atoms with E-state index in [1.807, 2.05) is 13.8 Å². The maximum atomic E-state index is 11.6. The van der Waals surface area contributed by atoms with E-state index >= 15 is 0 Å². The summed E-state index contributed by atoms with van der Waals surface area (Å²) in [6.45, 7) is 5.44. The van der Waals surface area contributed by atoms with Gasteiger partial charge in [0, 0.05) is 18.9 Å². The monoisotopic (exact) mass is 310 g/mol. The van der Waals surface area contributed by atoms with Crippen molar-refractivity contribution in [3.05, 3.63) is 23.2 Å². The zero-order valence-electron chi connectivity index (χ0n) is 13.1. The molecule has 3 N–H and O–H groups in total. The molecule has 0 saturated heterocycles. The second-order valence-electron chi connectivity index (χ2n) is 5.34. The summed E-state index contributed by atoms with van der Waals surface area (Å²) in [5.41, 5.74) is 0.0922. The normalized spacial score (nSPS) is 10.5. The number of carboxylic acid groups (broad SMARTS) is 1. The van der Waals surface area contributed by atoms with Gasteiger partial charge in [-0.25, -0.2) is 4.79 Å². The van der Waals surface area contributed by atoms with Crippen LogP contribution in [0.1, 0.15) is 55.0 Å². The molecule has 0 aromatic carbocycles. The lowest BCUT2D eigenvalue weighted by molar-refractivity contribution is -0.122. The highest BCUT2D eigenvalue weighted by atomic mass is 16.4. The van der Waals surface area contributed by atoms with Crippen molar-refractivity contribution in [3.63, 3.8) is 0 Å². The van der Waals surface area contributed by atoms with Gasteiger partial charge in [0.1, 0.15) is 17.1 Å². The molecule has 1 aromatic heterocycles. The number of rotatable bonds is 8. The van der Waals surface area contributed by atoms with Gasteiger partial charge in [0.15, 0.2) is 0 Å². The zero-order valence-corrected chi connectivity index (χ0v) is 13.1. The van der Waals surface area contributed by atoms with Gasteiger partial charge in [-0.1, -0.05) is 0 Å². The van der Waals surface area contributed by atoms with Crippen LogP contribution in [-0.4, -0.2) is 28.9 Å². The molecule has 0 radical (unpaired) electrons. The first kappa shape index (κ1) is 17.7. The van der Waals surface area contributed by atoms with Gasteiger partial charge in [0.25, 0.3) is 0 Å². The standard InChI is InChI=1S/C15H22N2O5/c1-9(2)17-14(19)6-4-5-13(18)16-8-11-7-12(15(20)21)10(3)22-11/h7,9H,4-6,8H2,1-3H3,(H,16,18)(H,17,19)(H,20,21). The molecule has 0 saturated carbocycles. The molecule has 122 valence electrons. The highest BCUT2D eigenvalue weighted by Crippen LogP contribution is 2.14. The third-order valence-corrected chi connectivity index (χ3v) is 2.92. The number of hydrogen-bond donors (Lipinski definition) is 3. The van der Waals surface area contributed by atoms with Crippen LogP contribution in [0, 0.1) is 6.92 Å². The molecular formula is C15H22N2O5. The second-order valence-corrected chi connectivity index (χ2v) is 5.34. The van der Waals surface area contributed by atoms with Crippen LogP contribution in [0.5, 0.6) is 0 Å². The van der Waals surface area contributed by atoms with E-state index in [4.69, 9.17) is 9.52 Å². The van der Waals surface area contributed by atoms with Gasteiger partial charge in [-0.05, 0) is 33.3 Å². The minimum atomic E-state index is -1.06. The van der Waals surface area contributed by atoms with Crippen molar-refractivity contribution < 1.29 is 23.9 Å². The van der Waals surface area contributed by atoms with Gasteiger partial charge in [-0.2, -0.15) is 0 Å². The summed E-state index contributed by atoms with van der Waals surface area (Å²) in [7, 11) is 0. The molecule has 0 aliphatic heterocycles. The Morgan fingerprint density at radius 2 is 1.86 bits per heavy atom. The van der Waals surface area contributed by atoms with Crippen LogP contribution in [0.2, 0.25) is 0 Å². The second kappa shape index (κ2) is 8.21. The largest absolute Gasteiger partial charge is 0.478 e. The van der Waals surface area contributed by atoms with Crippen LogP contribution < -0.4 is 10.6 Å². The molecule has 0 fully saturated rings. The fourth-order valence-electron chi connectivity index (χ4n) is 1.92. The van der Waals surface area contributed by atoms with E-state index < -0.39 is 5.97 Å². The van der Waals surface area contributed by atoms with Crippen molar-refractivity contribution in [2.75, 3.05) is 0 Å². The number of carbonyl (C=O) groups excluding carboxylic acids is 2. The Hall–Kier alpha value is -2.31. The van der Waals surface area contributed by atoms with Gasteiger partial charge >= 0.3 is 5.97 Å². The summed E-state index contributed by atoms with van der Waals surface area (Å²) in [5, 5.41) is 14.3. The maximum absolute atomic E-state index is 11.6. The summed E-state index contributed by atoms with van der Waals surface area (Å²) < 4.78 is 5.25. The third kappa shape index (κ3) is 5.99. The Morgan fingerprint density at radius 3 is 2.41 bits per heavy atom. The molecule has 1 aromatic rings. The highest BCUT2D eigenvalue weighted by molar-refractivity contribution is 5.88. The van der Waals surface area contributed by atoms with Gasteiger partial charge in [0.05, 0.1) is 6.54 Å². The minimum absolute atomic E-state index is 0.0736. The van der Waals surface area contributed by atoms with Crippen LogP contribution in [0.4, 0.5) is 0 Å². The van der Waals surface area contributed by atoms with Gasteiger partial charge in [-0.15, -0.1) is 0 Å². The molecule has 22 heavy (non-hydrogen) atoms. The van der Waals surface area contributed by atoms with E-state index in [-0.39, 0.29) is 36.4 Å². The van der Waals surface area contributed by atoms with E-state index in [0.717, 1.165) is 0 Å². The van der Waals surface area contributed by atoms with Crippen LogP contribution >= 0.6 is 0 Å². The maximum Gasteiger partial charge on any atom is 0.339 e. The number of carbonyl (C=O) groups is 3. The molecule has 0 spiro atoms. The molecular weight excluding hydrogens is 288 g/mol. The zero-order chi connectivity index (χ0) is 16.7.